The summed E-state index contributed by atoms with van der Waals surface area (Å²) in [5.74, 6) is -0.359. The number of amides is 1. The van der Waals surface area contributed by atoms with E-state index in [1.54, 1.807) is 41.8 Å². The molecule has 0 atom stereocenters. The average Bonchev–Trinajstić information content (AvgIpc) is 2.84. The van der Waals surface area contributed by atoms with E-state index >= 15 is 0 Å². The van der Waals surface area contributed by atoms with Crippen LogP contribution in [0.3, 0.4) is 0 Å². The van der Waals surface area contributed by atoms with Crippen LogP contribution in [-0.2, 0) is 4.79 Å². The highest BCUT2D eigenvalue weighted by atomic mass is 32.2. The fraction of sp³-hybridized carbons (Fsp3) is 0.222. The summed E-state index contributed by atoms with van der Waals surface area (Å²) in [6, 6.07) is 17.8. The van der Waals surface area contributed by atoms with Crippen LogP contribution in [0.15, 0.2) is 70.6 Å². The Morgan fingerprint density at radius 2 is 1.75 bits per heavy atom. The molecule has 1 heterocycles. The first-order chi connectivity index (χ1) is 17.2. The summed E-state index contributed by atoms with van der Waals surface area (Å²) < 4.78 is 1.55. The molecule has 0 aliphatic rings. The van der Waals surface area contributed by atoms with Crippen molar-refractivity contribution in [2.24, 2.45) is 0 Å². The summed E-state index contributed by atoms with van der Waals surface area (Å²) in [5.41, 5.74) is 3.58. The van der Waals surface area contributed by atoms with Crippen LogP contribution in [-0.4, -0.2) is 26.1 Å². The Morgan fingerprint density at radius 1 is 1.08 bits per heavy atom. The number of nitro benzene ring substituents is 1. The van der Waals surface area contributed by atoms with E-state index in [0.717, 1.165) is 28.5 Å². The lowest BCUT2D eigenvalue weighted by Crippen LogP contribution is -2.24. The largest absolute Gasteiger partial charge is 0.320 e. The number of para-hydroxylation sites is 2. The summed E-state index contributed by atoms with van der Waals surface area (Å²) in [7, 11) is 0. The zero-order valence-electron chi connectivity index (χ0n) is 20.4. The van der Waals surface area contributed by atoms with Crippen LogP contribution in [0, 0.1) is 24.0 Å². The van der Waals surface area contributed by atoms with Crippen LogP contribution >= 0.6 is 11.8 Å². The second-order valence-electron chi connectivity index (χ2n) is 8.81. The maximum absolute atomic E-state index is 13.6. The van der Waals surface area contributed by atoms with Gasteiger partial charge in [-0.2, -0.15) is 0 Å². The first-order valence-corrected chi connectivity index (χ1v) is 12.4. The molecule has 36 heavy (non-hydrogen) atoms. The minimum atomic E-state index is -0.513. The SMILES string of the molecule is Cc1cc(NC(=O)CSc2nc3ccccc3c(=O)n2-c2ccccc2C(C)C)c([N+](=O)[O-])cc1C. The van der Waals surface area contributed by atoms with Gasteiger partial charge in [0, 0.05) is 6.07 Å². The monoisotopic (exact) mass is 502 g/mol. The lowest BCUT2D eigenvalue weighted by molar-refractivity contribution is -0.384. The van der Waals surface area contributed by atoms with Gasteiger partial charge in [0.2, 0.25) is 5.91 Å². The highest BCUT2D eigenvalue weighted by Gasteiger charge is 2.20. The van der Waals surface area contributed by atoms with Crippen LogP contribution < -0.4 is 10.9 Å². The van der Waals surface area contributed by atoms with Crippen molar-refractivity contribution in [1.29, 1.82) is 0 Å². The third-order valence-corrected chi connectivity index (χ3v) is 6.90. The standard InChI is InChI=1S/C27H26N4O4S/c1-16(2)19-9-6-8-12-23(19)30-26(33)20-10-5-7-11-21(20)29-27(30)36-15-25(32)28-22-13-17(3)18(4)14-24(22)31(34)35/h5-14,16H,15H2,1-4H3,(H,28,32). The number of carbonyl (C=O) groups excluding carboxylic acids is 1. The van der Waals surface area contributed by atoms with Gasteiger partial charge in [-0.15, -0.1) is 0 Å². The van der Waals surface area contributed by atoms with Gasteiger partial charge < -0.3 is 5.32 Å². The van der Waals surface area contributed by atoms with E-state index in [9.17, 15) is 19.7 Å². The van der Waals surface area contributed by atoms with Gasteiger partial charge in [0.1, 0.15) is 5.69 Å². The van der Waals surface area contributed by atoms with Crippen molar-refractivity contribution >= 4 is 39.9 Å². The summed E-state index contributed by atoms with van der Waals surface area (Å²) in [6.45, 7) is 7.71. The molecule has 8 nitrogen and oxygen atoms in total. The summed E-state index contributed by atoms with van der Waals surface area (Å²) in [4.78, 5) is 42.1. The molecule has 4 rings (SSSR count). The number of nitrogens with one attached hydrogen (secondary N) is 1. The molecule has 0 spiro atoms. The average molecular weight is 503 g/mol. The quantitative estimate of drug-likeness (QED) is 0.149. The third kappa shape index (κ3) is 5.01. The van der Waals surface area contributed by atoms with E-state index in [4.69, 9.17) is 4.98 Å². The Bertz CT molecular complexity index is 1550. The fourth-order valence-corrected chi connectivity index (χ4v) is 4.78. The Labute approximate surface area is 212 Å². The van der Waals surface area contributed by atoms with E-state index in [2.05, 4.69) is 19.2 Å². The molecule has 4 aromatic rings. The van der Waals surface area contributed by atoms with Gasteiger partial charge in [0.05, 0.1) is 27.3 Å². The number of rotatable bonds is 7. The van der Waals surface area contributed by atoms with Gasteiger partial charge in [0.15, 0.2) is 5.16 Å². The predicted molar refractivity (Wildman–Crippen MR) is 143 cm³/mol. The molecule has 1 aromatic heterocycles. The Balaban J connectivity index is 1.72. The number of aryl methyl sites for hydroxylation is 2. The second kappa shape index (κ2) is 10.3. The molecule has 0 saturated carbocycles. The van der Waals surface area contributed by atoms with Crippen molar-refractivity contribution in [3.05, 3.63) is 97.8 Å². The first kappa shape index (κ1) is 25.1. The molecule has 1 N–H and O–H groups in total. The summed E-state index contributed by atoms with van der Waals surface area (Å²) in [6.07, 6.45) is 0. The number of hydrogen-bond donors (Lipinski definition) is 1. The highest BCUT2D eigenvalue weighted by molar-refractivity contribution is 7.99. The predicted octanol–water partition coefficient (Wildman–Crippen LogP) is 5.76. The van der Waals surface area contributed by atoms with Crippen molar-refractivity contribution in [1.82, 2.24) is 9.55 Å². The highest BCUT2D eigenvalue weighted by Crippen LogP contribution is 2.30. The zero-order valence-corrected chi connectivity index (χ0v) is 21.3. The first-order valence-electron chi connectivity index (χ1n) is 11.5. The number of thioether (sulfide) groups is 1. The Hall–Kier alpha value is -3.98. The molecular weight excluding hydrogens is 476 g/mol. The minimum absolute atomic E-state index is 0.0846. The van der Waals surface area contributed by atoms with Crippen molar-refractivity contribution in [3.8, 4) is 5.69 Å². The molecule has 0 bridgehead atoms. The van der Waals surface area contributed by atoms with E-state index in [1.165, 1.54) is 6.07 Å². The summed E-state index contributed by atoms with van der Waals surface area (Å²) in [5, 5.41) is 15.0. The number of anilines is 1. The van der Waals surface area contributed by atoms with Gasteiger partial charge in [-0.3, -0.25) is 24.3 Å². The van der Waals surface area contributed by atoms with Gasteiger partial charge in [-0.1, -0.05) is 55.9 Å². The van der Waals surface area contributed by atoms with Crippen molar-refractivity contribution in [2.75, 3.05) is 11.1 Å². The number of carbonyl (C=O) groups is 1. The number of benzene rings is 3. The molecule has 184 valence electrons. The normalized spacial score (nSPS) is 11.1. The molecule has 0 unspecified atom stereocenters. The fourth-order valence-electron chi connectivity index (χ4n) is 3.97. The molecule has 0 saturated heterocycles. The van der Waals surface area contributed by atoms with Gasteiger partial charge >= 0.3 is 0 Å². The Morgan fingerprint density at radius 3 is 2.47 bits per heavy atom. The number of hydrogen-bond acceptors (Lipinski definition) is 6. The third-order valence-electron chi connectivity index (χ3n) is 5.96. The molecule has 9 heteroatoms. The second-order valence-corrected chi connectivity index (χ2v) is 9.76. The van der Waals surface area contributed by atoms with Gasteiger partial charge in [0.25, 0.3) is 11.2 Å². The van der Waals surface area contributed by atoms with Gasteiger partial charge in [-0.25, -0.2) is 4.98 Å². The van der Waals surface area contributed by atoms with E-state index in [0.29, 0.717) is 21.7 Å². The van der Waals surface area contributed by atoms with Crippen LogP contribution in [0.1, 0.15) is 36.5 Å². The van der Waals surface area contributed by atoms with Crippen LogP contribution in [0.2, 0.25) is 0 Å². The van der Waals surface area contributed by atoms with Crippen LogP contribution in [0.5, 0.6) is 0 Å². The summed E-state index contributed by atoms with van der Waals surface area (Å²) >= 11 is 1.11. The minimum Gasteiger partial charge on any atom is -0.320 e. The lowest BCUT2D eigenvalue weighted by Gasteiger charge is -2.18. The molecule has 3 aromatic carbocycles. The van der Waals surface area contributed by atoms with E-state index in [-0.39, 0.29) is 28.6 Å². The molecular formula is C27H26N4O4S. The molecule has 0 fully saturated rings. The number of aromatic nitrogens is 2. The smallest absolute Gasteiger partial charge is 0.293 e. The molecule has 0 aliphatic heterocycles. The Kier molecular flexibility index (Phi) is 7.21. The van der Waals surface area contributed by atoms with Crippen LogP contribution in [0.4, 0.5) is 11.4 Å². The van der Waals surface area contributed by atoms with Gasteiger partial charge in [-0.05, 0) is 60.7 Å². The number of nitrogens with zero attached hydrogens (tertiary/aromatic N) is 3. The maximum atomic E-state index is 13.6. The lowest BCUT2D eigenvalue weighted by atomic mass is 10.0. The number of nitro groups is 1. The van der Waals surface area contributed by atoms with E-state index < -0.39 is 10.8 Å². The topological polar surface area (TPSA) is 107 Å². The van der Waals surface area contributed by atoms with Crippen molar-refractivity contribution < 1.29 is 9.72 Å². The molecule has 0 radical (unpaired) electrons. The molecule has 0 aliphatic carbocycles. The molecule has 1 amide bonds. The van der Waals surface area contributed by atoms with Crippen LogP contribution in [0.25, 0.3) is 16.6 Å². The number of fused-ring (bicyclic) bond motifs is 1. The zero-order chi connectivity index (χ0) is 26.0. The maximum Gasteiger partial charge on any atom is 0.293 e. The van der Waals surface area contributed by atoms with Crippen molar-refractivity contribution in [2.45, 2.75) is 38.8 Å². The van der Waals surface area contributed by atoms with Crippen molar-refractivity contribution in [3.63, 3.8) is 0 Å². The van der Waals surface area contributed by atoms with E-state index in [1.807, 2.05) is 31.2 Å².